The van der Waals surface area contributed by atoms with Crippen LogP contribution < -0.4 is 5.43 Å². The van der Waals surface area contributed by atoms with Gasteiger partial charge in [-0.1, -0.05) is 30.3 Å². The molecule has 1 amide bonds. The van der Waals surface area contributed by atoms with Crippen molar-refractivity contribution in [2.24, 2.45) is 0 Å². The molecule has 0 radical (unpaired) electrons. The van der Waals surface area contributed by atoms with E-state index in [1.807, 2.05) is 51.1 Å². The molecule has 1 saturated heterocycles. The van der Waals surface area contributed by atoms with Gasteiger partial charge in [-0.15, -0.1) is 0 Å². The first kappa shape index (κ1) is 22.9. The van der Waals surface area contributed by atoms with Crippen molar-refractivity contribution in [1.82, 2.24) is 9.80 Å². The van der Waals surface area contributed by atoms with E-state index in [2.05, 4.69) is 4.90 Å². The maximum atomic E-state index is 13.3. The minimum absolute atomic E-state index is 0.0899. The largest absolute Gasteiger partial charge is 0.507 e. The minimum atomic E-state index is -0.531. The summed E-state index contributed by atoms with van der Waals surface area (Å²) >= 11 is 0. The minimum Gasteiger partial charge on any atom is -0.507 e. The van der Waals surface area contributed by atoms with Crippen LogP contribution in [-0.4, -0.2) is 52.8 Å². The average Bonchev–Trinajstić information content (AvgIpc) is 2.76. The molecule has 1 aliphatic heterocycles. The summed E-state index contributed by atoms with van der Waals surface area (Å²) in [6.45, 7) is 10.1. The Morgan fingerprint density at radius 1 is 1.06 bits per heavy atom. The summed E-state index contributed by atoms with van der Waals surface area (Å²) in [6.07, 6.45) is -0.315. The summed E-state index contributed by atoms with van der Waals surface area (Å²) in [4.78, 5) is 29.5. The van der Waals surface area contributed by atoms with Crippen LogP contribution in [0.25, 0.3) is 22.1 Å². The number of ether oxygens (including phenoxy) is 1. The van der Waals surface area contributed by atoms with Crippen LogP contribution in [0, 0.1) is 6.92 Å². The molecule has 1 aromatic heterocycles. The second-order valence-corrected chi connectivity index (χ2v) is 9.41. The predicted molar refractivity (Wildman–Crippen MR) is 127 cm³/mol. The number of carbonyl (C=O) groups is 1. The zero-order valence-electron chi connectivity index (χ0n) is 19.6. The van der Waals surface area contributed by atoms with Crippen molar-refractivity contribution >= 4 is 17.1 Å². The predicted octanol–water partition coefficient (Wildman–Crippen LogP) is 4.53. The SMILES string of the molecule is Cc1oc2c(CN3CCN(C(=O)OC(C)(C)C)CC3)c(O)ccc2c(=O)c1-c1ccccc1. The zero-order valence-corrected chi connectivity index (χ0v) is 19.6. The summed E-state index contributed by atoms with van der Waals surface area (Å²) in [5, 5.41) is 11.0. The van der Waals surface area contributed by atoms with Gasteiger partial charge in [0.25, 0.3) is 0 Å². The van der Waals surface area contributed by atoms with E-state index in [-0.39, 0.29) is 17.3 Å². The fraction of sp³-hybridized carbons (Fsp3) is 0.385. The normalized spacial score (nSPS) is 15.1. The molecule has 33 heavy (non-hydrogen) atoms. The number of piperazine rings is 1. The smallest absolute Gasteiger partial charge is 0.410 e. The second-order valence-electron chi connectivity index (χ2n) is 9.41. The number of aryl methyl sites for hydroxylation is 1. The van der Waals surface area contributed by atoms with Crippen LogP contribution in [-0.2, 0) is 11.3 Å². The molecule has 0 atom stereocenters. The average molecular weight is 451 g/mol. The first-order chi connectivity index (χ1) is 15.6. The number of benzene rings is 2. The molecule has 2 heterocycles. The van der Waals surface area contributed by atoms with Crippen LogP contribution in [0.5, 0.6) is 5.75 Å². The molecule has 1 fully saturated rings. The monoisotopic (exact) mass is 450 g/mol. The quantitative estimate of drug-likeness (QED) is 0.631. The van der Waals surface area contributed by atoms with Gasteiger partial charge < -0.3 is 19.2 Å². The van der Waals surface area contributed by atoms with Crippen molar-refractivity contribution in [3.8, 4) is 16.9 Å². The topological polar surface area (TPSA) is 83.2 Å². The van der Waals surface area contributed by atoms with E-state index >= 15 is 0 Å². The fourth-order valence-electron chi connectivity index (χ4n) is 4.14. The van der Waals surface area contributed by atoms with E-state index in [0.29, 0.717) is 60.6 Å². The maximum Gasteiger partial charge on any atom is 0.410 e. The van der Waals surface area contributed by atoms with Crippen LogP contribution in [0.2, 0.25) is 0 Å². The van der Waals surface area contributed by atoms with Gasteiger partial charge in [-0.25, -0.2) is 4.79 Å². The molecular formula is C26H30N2O5. The Labute approximate surface area is 193 Å². The molecule has 174 valence electrons. The fourth-order valence-corrected chi connectivity index (χ4v) is 4.14. The highest BCUT2D eigenvalue weighted by atomic mass is 16.6. The summed E-state index contributed by atoms with van der Waals surface area (Å²) < 4.78 is 11.6. The number of fused-ring (bicyclic) bond motifs is 1. The number of phenolic OH excluding ortho intramolecular Hbond substituents is 1. The Hall–Kier alpha value is -3.32. The second kappa shape index (κ2) is 8.90. The number of hydrogen-bond donors (Lipinski definition) is 1. The zero-order chi connectivity index (χ0) is 23.8. The molecule has 1 aliphatic rings. The molecule has 7 nitrogen and oxygen atoms in total. The van der Waals surface area contributed by atoms with E-state index in [1.165, 1.54) is 0 Å². The third kappa shape index (κ3) is 4.88. The number of phenols is 1. The van der Waals surface area contributed by atoms with Gasteiger partial charge in [0.2, 0.25) is 5.43 Å². The third-order valence-electron chi connectivity index (χ3n) is 5.78. The summed E-state index contributed by atoms with van der Waals surface area (Å²) in [6, 6.07) is 12.6. The Morgan fingerprint density at radius 2 is 1.73 bits per heavy atom. The van der Waals surface area contributed by atoms with Crippen LogP contribution in [0.3, 0.4) is 0 Å². The number of amides is 1. The van der Waals surface area contributed by atoms with Gasteiger partial charge in [-0.05, 0) is 45.4 Å². The van der Waals surface area contributed by atoms with Gasteiger partial charge in [0.05, 0.1) is 16.5 Å². The van der Waals surface area contributed by atoms with Gasteiger partial charge in [0.1, 0.15) is 22.7 Å². The number of rotatable bonds is 3. The third-order valence-corrected chi connectivity index (χ3v) is 5.78. The summed E-state index contributed by atoms with van der Waals surface area (Å²) in [5.74, 6) is 0.604. The molecule has 7 heteroatoms. The summed E-state index contributed by atoms with van der Waals surface area (Å²) in [7, 11) is 0. The standard InChI is InChI=1S/C26H30N2O5/c1-17-22(18-8-6-5-7-9-18)23(30)19-10-11-21(29)20(24(19)32-17)16-27-12-14-28(15-13-27)25(31)33-26(2,3)4/h5-11,29H,12-16H2,1-4H3. The van der Waals surface area contributed by atoms with Gasteiger partial charge in [0.15, 0.2) is 0 Å². The molecule has 4 rings (SSSR count). The Morgan fingerprint density at radius 3 is 2.36 bits per heavy atom. The molecule has 2 aromatic carbocycles. The van der Waals surface area contributed by atoms with Crippen LogP contribution in [0.1, 0.15) is 32.1 Å². The Bertz CT molecular complexity index is 1220. The van der Waals surface area contributed by atoms with Crippen molar-refractivity contribution in [3.05, 3.63) is 64.0 Å². The van der Waals surface area contributed by atoms with Gasteiger partial charge in [-0.3, -0.25) is 9.69 Å². The van der Waals surface area contributed by atoms with E-state index < -0.39 is 5.60 Å². The van der Waals surface area contributed by atoms with Gasteiger partial charge in [0, 0.05) is 32.7 Å². The first-order valence-electron chi connectivity index (χ1n) is 11.2. The van der Waals surface area contributed by atoms with E-state index in [9.17, 15) is 14.7 Å². The molecule has 0 bridgehead atoms. The lowest BCUT2D eigenvalue weighted by Crippen LogP contribution is -2.49. The summed E-state index contributed by atoms with van der Waals surface area (Å²) in [5.41, 5.74) is 1.68. The number of aromatic hydroxyl groups is 1. The molecule has 0 aliphatic carbocycles. The maximum absolute atomic E-state index is 13.3. The number of hydrogen-bond acceptors (Lipinski definition) is 6. The van der Waals surface area contributed by atoms with Crippen molar-refractivity contribution in [3.63, 3.8) is 0 Å². The molecular weight excluding hydrogens is 420 g/mol. The molecule has 0 saturated carbocycles. The van der Waals surface area contributed by atoms with Crippen LogP contribution >= 0.6 is 0 Å². The van der Waals surface area contributed by atoms with E-state index in [4.69, 9.17) is 9.15 Å². The van der Waals surface area contributed by atoms with Crippen LogP contribution in [0.15, 0.2) is 51.7 Å². The molecule has 1 N–H and O–H groups in total. The first-order valence-corrected chi connectivity index (χ1v) is 11.2. The van der Waals surface area contributed by atoms with E-state index in [0.717, 1.165) is 5.56 Å². The lowest BCUT2D eigenvalue weighted by molar-refractivity contribution is 0.0138. The van der Waals surface area contributed by atoms with Crippen molar-refractivity contribution in [2.75, 3.05) is 26.2 Å². The highest BCUT2D eigenvalue weighted by Crippen LogP contribution is 2.31. The number of nitrogens with zero attached hydrogens (tertiary/aromatic N) is 2. The van der Waals surface area contributed by atoms with Gasteiger partial charge >= 0.3 is 6.09 Å². The Kier molecular flexibility index (Phi) is 6.17. The Balaban J connectivity index is 1.59. The van der Waals surface area contributed by atoms with Crippen molar-refractivity contribution < 1.29 is 19.1 Å². The molecule has 0 unspecified atom stereocenters. The van der Waals surface area contributed by atoms with Crippen molar-refractivity contribution in [2.45, 2.75) is 39.8 Å². The van der Waals surface area contributed by atoms with Crippen molar-refractivity contribution in [1.29, 1.82) is 0 Å². The lowest BCUT2D eigenvalue weighted by Gasteiger charge is -2.35. The highest BCUT2D eigenvalue weighted by Gasteiger charge is 2.27. The van der Waals surface area contributed by atoms with Gasteiger partial charge in [-0.2, -0.15) is 0 Å². The number of carbonyl (C=O) groups excluding carboxylic acids is 1. The highest BCUT2D eigenvalue weighted by molar-refractivity contribution is 5.86. The van der Waals surface area contributed by atoms with E-state index in [1.54, 1.807) is 24.0 Å². The molecule has 3 aromatic rings. The van der Waals surface area contributed by atoms with Crippen LogP contribution in [0.4, 0.5) is 4.79 Å². The molecule has 0 spiro atoms. The lowest BCUT2D eigenvalue weighted by atomic mass is 10.0.